The van der Waals surface area contributed by atoms with Crippen LogP contribution in [-0.2, 0) is 0 Å². The van der Waals surface area contributed by atoms with Gasteiger partial charge in [-0.25, -0.2) is 0 Å². The molecule has 0 saturated heterocycles. The van der Waals surface area contributed by atoms with E-state index in [0.717, 1.165) is 6.42 Å². The number of hydrogen-bond acceptors (Lipinski definition) is 2. The van der Waals surface area contributed by atoms with Crippen LogP contribution in [-0.4, -0.2) is 18.3 Å². The Morgan fingerprint density at radius 2 is 1.79 bits per heavy atom. The van der Waals surface area contributed by atoms with Gasteiger partial charge in [0.2, 0.25) is 0 Å². The topological polar surface area (TPSA) is 32.3 Å². The molecule has 0 aromatic carbocycles. The van der Waals surface area contributed by atoms with Crippen molar-refractivity contribution in [2.24, 2.45) is 0 Å². The van der Waals surface area contributed by atoms with E-state index in [9.17, 15) is 0 Å². The Hall–Kier alpha value is -0.500. The lowest BCUT2D eigenvalue weighted by Crippen LogP contribution is -2.10. The molecule has 0 amide bonds. The van der Waals surface area contributed by atoms with Crippen LogP contribution < -0.4 is 5.32 Å². The largest absolute Gasteiger partial charge is 0.395 e. The van der Waals surface area contributed by atoms with Crippen molar-refractivity contribution in [3.63, 3.8) is 0 Å². The maximum Gasteiger partial charge on any atom is 0.0603 e. The maximum atomic E-state index is 8.49. The fourth-order valence-electron chi connectivity index (χ4n) is 1.36. The molecule has 2 N–H and O–H groups in total. The zero-order valence-electron chi connectivity index (χ0n) is 9.47. The second-order valence-electron chi connectivity index (χ2n) is 3.64. The molecular formula is C12H25NO. The lowest BCUT2D eigenvalue weighted by atomic mass is 10.1. The van der Waals surface area contributed by atoms with Crippen molar-refractivity contribution in [2.45, 2.75) is 51.9 Å². The van der Waals surface area contributed by atoms with Gasteiger partial charge in [0.25, 0.3) is 0 Å². The highest BCUT2D eigenvalue weighted by molar-refractivity contribution is 4.78. The molecule has 0 aromatic heterocycles. The summed E-state index contributed by atoms with van der Waals surface area (Å²) >= 11 is 0. The standard InChI is InChI=1S/C12H25NO/c1-2-3-4-5-6-7-8-9-10-13-11-12-14/h9-10,13-14H,2-8,11-12H2,1H3. The van der Waals surface area contributed by atoms with E-state index in [0.29, 0.717) is 6.54 Å². The highest BCUT2D eigenvalue weighted by atomic mass is 16.3. The highest BCUT2D eigenvalue weighted by Gasteiger charge is 1.87. The minimum atomic E-state index is 0.210. The first-order valence-corrected chi connectivity index (χ1v) is 5.91. The first-order valence-electron chi connectivity index (χ1n) is 5.91. The van der Waals surface area contributed by atoms with E-state index in [4.69, 9.17) is 5.11 Å². The van der Waals surface area contributed by atoms with Crippen molar-refractivity contribution in [3.05, 3.63) is 12.3 Å². The van der Waals surface area contributed by atoms with Crippen LogP contribution in [0.1, 0.15) is 51.9 Å². The molecule has 2 heteroatoms. The molecule has 0 bridgehead atoms. The van der Waals surface area contributed by atoms with Crippen molar-refractivity contribution >= 4 is 0 Å². The summed E-state index contributed by atoms with van der Waals surface area (Å²) < 4.78 is 0. The van der Waals surface area contributed by atoms with Gasteiger partial charge < -0.3 is 10.4 Å². The molecular weight excluding hydrogens is 174 g/mol. The Morgan fingerprint density at radius 3 is 2.50 bits per heavy atom. The quantitative estimate of drug-likeness (QED) is 0.530. The van der Waals surface area contributed by atoms with Crippen molar-refractivity contribution in [3.8, 4) is 0 Å². The smallest absolute Gasteiger partial charge is 0.0603 e. The van der Waals surface area contributed by atoms with Crippen molar-refractivity contribution < 1.29 is 5.11 Å². The molecule has 0 aliphatic rings. The van der Waals surface area contributed by atoms with Crippen LogP contribution >= 0.6 is 0 Å². The summed E-state index contributed by atoms with van der Waals surface area (Å²) in [6, 6.07) is 0. The van der Waals surface area contributed by atoms with Crippen LogP contribution in [0.5, 0.6) is 0 Å². The van der Waals surface area contributed by atoms with Gasteiger partial charge in [0.05, 0.1) is 6.61 Å². The van der Waals surface area contributed by atoms with Gasteiger partial charge >= 0.3 is 0 Å². The van der Waals surface area contributed by atoms with E-state index in [1.165, 1.54) is 38.5 Å². The molecule has 2 nitrogen and oxygen atoms in total. The molecule has 0 rings (SSSR count). The van der Waals surface area contributed by atoms with Gasteiger partial charge in [-0.15, -0.1) is 0 Å². The van der Waals surface area contributed by atoms with E-state index in [1.807, 2.05) is 6.20 Å². The van der Waals surface area contributed by atoms with Crippen LogP contribution in [0.2, 0.25) is 0 Å². The Morgan fingerprint density at radius 1 is 1.07 bits per heavy atom. The Kier molecular flexibility index (Phi) is 12.1. The highest BCUT2D eigenvalue weighted by Crippen LogP contribution is 2.06. The summed E-state index contributed by atoms with van der Waals surface area (Å²) in [4.78, 5) is 0. The SMILES string of the molecule is CCCCCCCCC=CNCCO. The number of nitrogens with one attached hydrogen (secondary N) is 1. The Labute approximate surface area is 88.4 Å². The van der Waals surface area contributed by atoms with Gasteiger partial charge in [0, 0.05) is 6.54 Å². The molecule has 0 aliphatic carbocycles. The average Bonchev–Trinajstić information content (AvgIpc) is 2.21. The summed E-state index contributed by atoms with van der Waals surface area (Å²) in [6.07, 6.45) is 13.4. The van der Waals surface area contributed by atoms with E-state index in [1.54, 1.807) is 0 Å². The molecule has 0 atom stereocenters. The molecule has 0 aliphatic heterocycles. The van der Waals surface area contributed by atoms with E-state index in [-0.39, 0.29) is 6.61 Å². The van der Waals surface area contributed by atoms with Gasteiger partial charge in [-0.3, -0.25) is 0 Å². The van der Waals surface area contributed by atoms with Crippen molar-refractivity contribution in [1.29, 1.82) is 0 Å². The van der Waals surface area contributed by atoms with Crippen LogP contribution in [0.25, 0.3) is 0 Å². The van der Waals surface area contributed by atoms with Gasteiger partial charge in [-0.2, -0.15) is 0 Å². The third-order valence-electron chi connectivity index (χ3n) is 2.22. The minimum absolute atomic E-state index is 0.210. The van der Waals surface area contributed by atoms with Gasteiger partial charge in [0.1, 0.15) is 0 Å². The van der Waals surface area contributed by atoms with Gasteiger partial charge in [-0.1, -0.05) is 45.1 Å². The Bertz CT molecular complexity index is 123. The van der Waals surface area contributed by atoms with E-state index < -0.39 is 0 Å². The summed E-state index contributed by atoms with van der Waals surface area (Å²) in [5.74, 6) is 0. The molecule has 0 fully saturated rings. The lowest BCUT2D eigenvalue weighted by Gasteiger charge is -1.98. The second kappa shape index (κ2) is 12.5. The van der Waals surface area contributed by atoms with Crippen LogP contribution in [0, 0.1) is 0 Å². The predicted octanol–water partition coefficient (Wildman–Crippen LogP) is 2.83. The van der Waals surface area contributed by atoms with E-state index in [2.05, 4.69) is 18.3 Å². The molecule has 0 heterocycles. The second-order valence-corrected chi connectivity index (χ2v) is 3.64. The number of aliphatic hydroxyl groups is 1. The minimum Gasteiger partial charge on any atom is -0.395 e. The number of allylic oxidation sites excluding steroid dienone is 1. The lowest BCUT2D eigenvalue weighted by molar-refractivity contribution is 0.298. The van der Waals surface area contributed by atoms with Gasteiger partial charge in [0.15, 0.2) is 0 Å². The monoisotopic (exact) mass is 199 g/mol. The summed E-state index contributed by atoms with van der Waals surface area (Å²) in [7, 11) is 0. The molecule has 0 spiro atoms. The number of aliphatic hydroxyl groups excluding tert-OH is 1. The van der Waals surface area contributed by atoms with Crippen molar-refractivity contribution in [2.75, 3.05) is 13.2 Å². The molecule has 0 saturated carbocycles. The van der Waals surface area contributed by atoms with Crippen LogP contribution in [0.15, 0.2) is 12.3 Å². The average molecular weight is 199 g/mol. The fourth-order valence-corrected chi connectivity index (χ4v) is 1.36. The van der Waals surface area contributed by atoms with Crippen LogP contribution in [0.4, 0.5) is 0 Å². The number of rotatable bonds is 10. The zero-order valence-corrected chi connectivity index (χ0v) is 9.47. The number of unbranched alkanes of at least 4 members (excludes halogenated alkanes) is 6. The van der Waals surface area contributed by atoms with Crippen LogP contribution in [0.3, 0.4) is 0 Å². The molecule has 14 heavy (non-hydrogen) atoms. The Balaban J connectivity index is 2.94. The van der Waals surface area contributed by atoms with E-state index >= 15 is 0 Å². The summed E-state index contributed by atoms with van der Waals surface area (Å²) in [5, 5.41) is 11.5. The number of hydrogen-bond donors (Lipinski definition) is 2. The first kappa shape index (κ1) is 13.5. The summed E-state index contributed by atoms with van der Waals surface area (Å²) in [6.45, 7) is 3.12. The third kappa shape index (κ3) is 11.5. The molecule has 0 radical (unpaired) electrons. The first-order chi connectivity index (χ1) is 6.91. The maximum absolute atomic E-state index is 8.49. The molecule has 0 unspecified atom stereocenters. The fraction of sp³-hybridized carbons (Fsp3) is 0.833. The molecule has 0 aromatic rings. The van der Waals surface area contributed by atoms with Gasteiger partial charge in [-0.05, 0) is 19.0 Å². The zero-order chi connectivity index (χ0) is 10.5. The third-order valence-corrected chi connectivity index (χ3v) is 2.22. The summed E-state index contributed by atoms with van der Waals surface area (Å²) in [5.41, 5.74) is 0. The predicted molar refractivity (Wildman–Crippen MR) is 62.2 cm³/mol. The molecule has 84 valence electrons. The normalized spacial score (nSPS) is 11.0. The van der Waals surface area contributed by atoms with Crippen molar-refractivity contribution in [1.82, 2.24) is 5.32 Å².